The van der Waals surface area contributed by atoms with Gasteiger partial charge in [-0.1, -0.05) is 17.7 Å². The number of aryl methyl sites for hydroxylation is 2. The van der Waals surface area contributed by atoms with E-state index in [1.165, 1.54) is 5.56 Å². The van der Waals surface area contributed by atoms with E-state index in [1.54, 1.807) is 11.3 Å². The Balaban J connectivity index is 1.63. The van der Waals surface area contributed by atoms with Crippen LogP contribution in [-0.4, -0.2) is 16.7 Å². The molecule has 2 rings (SSSR count). The Hall–Kier alpha value is -1.39. The number of aliphatic hydroxyl groups is 1. The lowest BCUT2D eigenvalue weighted by atomic mass is 10.2. The van der Waals surface area contributed by atoms with Crippen molar-refractivity contribution in [2.45, 2.75) is 32.8 Å². The van der Waals surface area contributed by atoms with Gasteiger partial charge in [0, 0.05) is 5.38 Å². The fraction of sp³-hybridized carbons (Fsp3) is 0.400. The molecule has 19 heavy (non-hydrogen) atoms. The third kappa shape index (κ3) is 4.65. The fourth-order valence-corrected chi connectivity index (χ4v) is 2.57. The molecule has 0 spiro atoms. The predicted molar refractivity (Wildman–Crippen MR) is 77.6 cm³/mol. The number of unbranched alkanes of at least 4 members (excludes halogenated alkanes) is 1. The van der Waals surface area contributed by atoms with Crippen LogP contribution in [0.2, 0.25) is 0 Å². The summed E-state index contributed by atoms with van der Waals surface area (Å²) in [7, 11) is 0. The van der Waals surface area contributed by atoms with Gasteiger partial charge in [-0.2, -0.15) is 0 Å². The van der Waals surface area contributed by atoms with Crippen molar-refractivity contribution in [1.29, 1.82) is 0 Å². The van der Waals surface area contributed by atoms with Crippen LogP contribution < -0.4 is 4.74 Å². The van der Waals surface area contributed by atoms with Gasteiger partial charge in [0.2, 0.25) is 0 Å². The van der Waals surface area contributed by atoms with Gasteiger partial charge >= 0.3 is 0 Å². The zero-order chi connectivity index (χ0) is 13.5. The van der Waals surface area contributed by atoms with Gasteiger partial charge in [0.1, 0.15) is 5.75 Å². The molecule has 102 valence electrons. The zero-order valence-corrected chi connectivity index (χ0v) is 11.9. The molecule has 0 unspecified atom stereocenters. The van der Waals surface area contributed by atoms with Crippen molar-refractivity contribution >= 4 is 11.3 Å². The van der Waals surface area contributed by atoms with Crippen molar-refractivity contribution in [3.05, 3.63) is 45.9 Å². The third-order valence-corrected chi connectivity index (χ3v) is 3.79. The van der Waals surface area contributed by atoms with Gasteiger partial charge in [-0.3, -0.25) is 0 Å². The van der Waals surface area contributed by atoms with Crippen LogP contribution in [0.1, 0.15) is 29.1 Å². The highest BCUT2D eigenvalue weighted by molar-refractivity contribution is 7.09. The third-order valence-electron chi connectivity index (χ3n) is 2.84. The molecule has 1 N–H and O–H groups in total. The summed E-state index contributed by atoms with van der Waals surface area (Å²) >= 11 is 1.62. The Bertz CT molecular complexity index is 493. The molecule has 4 heteroatoms. The summed E-state index contributed by atoms with van der Waals surface area (Å²) in [6, 6.07) is 8.12. The summed E-state index contributed by atoms with van der Waals surface area (Å²) in [6.07, 6.45) is 3.04. The lowest BCUT2D eigenvalue weighted by Gasteiger charge is -2.05. The molecule has 2 aromatic rings. The van der Waals surface area contributed by atoms with Crippen LogP contribution in [0.3, 0.4) is 0 Å². The summed E-state index contributed by atoms with van der Waals surface area (Å²) in [5.41, 5.74) is 2.02. The quantitative estimate of drug-likeness (QED) is 0.789. The Morgan fingerprint density at radius 2 is 2.00 bits per heavy atom. The first kappa shape index (κ1) is 14.0. The molecule has 0 aliphatic heterocycles. The fourth-order valence-electron chi connectivity index (χ4n) is 1.74. The molecule has 0 saturated carbocycles. The van der Waals surface area contributed by atoms with Crippen LogP contribution in [0.5, 0.6) is 5.75 Å². The van der Waals surface area contributed by atoms with Crippen molar-refractivity contribution in [1.82, 2.24) is 4.98 Å². The van der Waals surface area contributed by atoms with Crippen molar-refractivity contribution in [3.8, 4) is 5.75 Å². The smallest absolute Gasteiger partial charge is 0.119 e. The molecule has 1 aromatic heterocycles. The molecule has 0 saturated heterocycles. The van der Waals surface area contributed by atoms with E-state index in [0.29, 0.717) is 0 Å². The molecular weight excluding hydrogens is 258 g/mol. The number of rotatable bonds is 7. The highest BCUT2D eigenvalue weighted by Crippen LogP contribution is 2.14. The van der Waals surface area contributed by atoms with Gasteiger partial charge in [0.15, 0.2) is 0 Å². The molecule has 0 radical (unpaired) electrons. The topological polar surface area (TPSA) is 42.4 Å². The van der Waals surface area contributed by atoms with Gasteiger partial charge < -0.3 is 9.84 Å². The monoisotopic (exact) mass is 277 g/mol. The Morgan fingerprint density at radius 1 is 1.21 bits per heavy atom. The summed E-state index contributed by atoms with van der Waals surface area (Å²) in [4.78, 5) is 4.32. The van der Waals surface area contributed by atoms with Crippen LogP contribution in [0.15, 0.2) is 29.6 Å². The average molecular weight is 277 g/mol. The van der Waals surface area contributed by atoms with E-state index >= 15 is 0 Å². The SMILES string of the molecule is Cc1ccc(OCCCCc2nc(CO)cs2)cc1. The molecular formula is C15H19NO2S. The normalized spacial score (nSPS) is 10.6. The lowest BCUT2D eigenvalue weighted by Crippen LogP contribution is -1.98. The van der Waals surface area contributed by atoms with Crippen LogP contribution in [0, 0.1) is 6.92 Å². The van der Waals surface area contributed by atoms with E-state index in [4.69, 9.17) is 9.84 Å². The zero-order valence-electron chi connectivity index (χ0n) is 11.1. The van der Waals surface area contributed by atoms with Crippen molar-refractivity contribution in [2.75, 3.05) is 6.61 Å². The highest BCUT2D eigenvalue weighted by atomic mass is 32.1. The van der Waals surface area contributed by atoms with Crippen LogP contribution >= 0.6 is 11.3 Å². The molecule has 1 aromatic carbocycles. The van der Waals surface area contributed by atoms with Crippen molar-refractivity contribution in [3.63, 3.8) is 0 Å². The maximum atomic E-state index is 8.93. The molecule has 0 aliphatic carbocycles. The second-order valence-corrected chi connectivity index (χ2v) is 5.45. The molecule has 3 nitrogen and oxygen atoms in total. The van der Waals surface area contributed by atoms with Crippen molar-refractivity contribution < 1.29 is 9.84 Å². The Labute approximate surface area is 117 Å². The number of hydrogen-bond donors (Lipinski definition) is 1. The summed E-state index contributed by atoms with van der Waals surface area (Å²) < 4.78 is 5.67. The van der Waals surface area contributed by atoms with Crippen molar-refractivity contribution in [2.24, 2.45) is 0 Å². The Kier molecular flexibility index (Phi) is 5.36. The first-order chi connectivity index (χ1) is 9.28. The summed E-state index contributed by atoms with van der Waals surface area (Å²) in [5, 5.41) is 11.9. The van der Waals surface area contributed by atoms with Gasteiger partial charge in [0.05, 0.1) is 23.9 Å². The number of nitrogens with zero attached hydrogens (tertiary/aromatic N) is 1. The summed E-state index contributed by atoms with van der Waals surface area (Å²) in [5.74, 6) is 0.933. The molecule has 1 heterocycles. The number of thiazole rings is 1. The van der Waals surface area contributed by atoms with Gasteiger partial charge in [-0.15, -0.1) is 11.3 Å². The number of hydrogen-bond acceptors (Lipinski definition) is 4. The van der Waals surface area contributed by atoms with Gasteiger partial charge in [-0.25, -0.2) is 4.98 Å². The molecule has 0 fully saturated rings. The number of ether oxygens (including phenoxy) is 1. The second-order valence-electron chi connectivity index (χ2n) is 4.51. The first-order valence-electron chi connectivity index (χ1n) is 6.51. The van der Waals surface area contributed by atoms with Gasteiger partial charge in [-0.05, 0) is 38.3 Å². The minimum Gasteiger partial charge on any atom is -0.494 e. The maximum absolute atomic E-state index is 8.93. The molecule has 0 bridgehead atoms. The number of aliphatic hydroxyl groups excluding tert-OH is 1. The maximum Gasteiger partial charge on any atom is 0.119 e. The summed E-state index contributed by atoms with van der Waals surface area (Å²) in [6.45, 7) is 2.84. The van der Waals surface area contributed by atoms with Gasteiger partial charge in [0.25, 0.3) is 0 Å². The second kappa shape index (κ2) is 7.26. The van der Waals surface area contributed by atoms with Crippen LogP contribution in [0.25, 0.3) is 0 Å². The molecule has 0 atom stereocenters. The number of aromatic nitrogens is 1. The van der Waals surface area contributed by atoms with E-state index in [-0.39, 0.29) is 6.61 Å². The molecule has 0 amide bonds. The Morgan fingerprint density at radius 3 is 2.68 bits per heavy atom. The van der Waals surface area contributed by atoms with E-state index in [2.05, 4.69) is 24.0 Å². The lowest BCUT2D eigenvalue weighted by molar-refractivity contribution is 0.277. The highest BCUT2D eigenvalue weighted by Gasteiger charge is 2.01. The largest absolute Gasteiger partial charge is 0.494 e. The average Bonchev–Trinajstić information content (AvgIpc) is 2.88. The first-order valence-corrected chi connectivity index (χ1v) is 7.39. The van der Waals surface area contributed by atoms with E-state index in [9.17, 15) is 0 Å². The van der Waals surface area contributed by atoms with Crippen LogP contribution in [-0.2, 0) is 13.0 Å². The van der Waals surface area contributed by atoms with E-state index in [1.807, 2.05) is 17.5 Å². The standard InChI is InChI=1S/C15H19NO2S/c1-12-5-7-14(8-6-12)18-9-3-2-4-15-16-13(10-17)11-19-15/h5-8,11,17H,2-4,9-10H2,1H3. The minimum atomic E-state index is 0.0348. The van der Waals surface area contributed by atoms with E-state index < -0.39 is 0 Å². The predicted octanol–water partition coefficient (Wildman–Crippen LogP) is 3.35. The minimum absolute atomic E-state index is 0.0348. The number of benzene rings is 1. The van der Waals surface area contributed by atoms with Crippen LogP contribution in [0.4, 0.5) is 0 Å². The molecule has 0 aliphatic rings. The van der Waals surface area contributed by atoms with E-state index in [0.717, 1.165) is 42.3 Å².